The van der Waals surface area contributed by atoms with Gasteiger partial charge in [0.15, 0.2) is 9.84 Å². The predicted octanol–water partition coefficient (Wildman–Crippen LogP) is 4.44. The van der Waals surface area contributed by atoms with Crippen LogP contribution in [-0.2, 0) is 25.5 Å². The van der Waals surface area contributed by atoms with Crippen molar-refractivity contribution >= 4 is 21.7 Å². The summed E-state index contributed by atoms with van der Waals surface area (Å²) in [5, 5.41) is 2.77. The Labute approximate surface area is 224 Å². The molecule has 2 aliphatic rings. The molecule has 2 fully saturated rings. The molecule has 39 heavy (non-hydrogen) atoms. The molecule has 4 rings (SSSR count). The summed E-state index contributed by atoms with van der Waals surface area (Å²) in [5.41, 5.74) is -0.531. The Balaban J connectivity index is 1.63. The van der Waals surface area contributed by atoms with Crippen molar-refractivity contribution in [3.05, 3.63) is 64.5 Å². The zero-order valence-corrected chi connectivity index (χ0v) is 22.5. The Morgan fingerprint density at radius 1 is 1.13 bits per heavy atom. The van der Waals surface area contributed by atoms with Gasteiger partial charge < -0.3 is 15.0 Å². The van der Waals surface area contributed by atoms with Crippen molar-refractivity contribution in [3.63, 3.8) is 0 Å². The van der Waals surface area contributed by atoms with Crippen molar-refractivity contribution in [2.75, 3.05) is 19.5 Å². The van der Waals surface area contributed by atoms with Crippen molar-refractivity contribution in [3.8, 4) is 0 Å². The minimum atomic E-state index is -4.72. The van der Waals surface area contributed by atoms with E-state index < -0.39 is 51.3 Å². The van der Waals surface area contributed by atoms with Gasteiger partial charge in [0.1, 0.15) is 11.9 Å². The van der Waals surface area contributed by atoms with E-state index in [1.54, 1.807) is 13.0 Å². The Hall–Kier alpha value is -2.99. The zero-order valence-electron chi connectivity index (χ0n) is 21.7. The van der Waals surface area contributed by atoms with Crippen molar-refractivity contribution in [2.45, 2.75) is 62.3 Å². The Bertz CT molecular complexity index is 1370. The van der Waals surface area contributed by atoms with Crippen LogP contribution < -0.4 is 5.32 Å². The lowest BCUT2D eigenvalue weighted by Gasteiger charge is -2.36. The summed E-state index contributed by atoms with van der Waals surface area (Å²) in [4.78, 5) is 28.7. The first-order valence-corrected chi connectivity index (χ1v) is 14.5. The maximum Gasteiger partial charge on any atom is 0.416 e. The zero-order chi connectivity index (χ0) is 28.7. The summed E-state index contributed by atoms with van der Waals surface area (Å²) in [5.74, 6) is -2.52. The lowest BCUT2D eigenvalue weighted by Crippen LogP contribution is -2.52. The molecule has 0 spiro atoms. The number of amides is 2. The minimum Gasteiger partial charge on any atom is -0.381 e. The molecule has 2 saturated heterocycles. The van der Waals surface area contributed by atoms with Crippen LogP contribution in [-0.4, -0.2) is 56.7 Å². The molecule has 0 bridgehead atoms. The van der Waals surface area contributed by atoms with Crippen molar-refractivity contribution in [1.29, 1.82) is 0 Å². The second-order valence-electron chi connectivity index (χ2n) is 10.2. The maximum atomic E-state index is 14.9. The maximum absolute atomic E-state index is 14.9. The van der Waals surface area contributed by atoms with Crippen LogP contribution in [0.5, 0.6) is 0 Å². The summed E-state index contributed by atoms with van der Waals surface area (Å²) >= 11 is 0. The van der Waals surface area contributed by atoms with Gasteiger partial charge in [0.2, 0.25) is 5.91 Å². The van der Waals surface area contributed by atoms with E-state index in [9.17, 15) is 35.6 Å². The number of rotatable bonds is 7. The number of nitrogens with zero attached hydrogens (tertiary/aromatic N) is 1. The van der Waals surface area contributed by atoms with Crippen LogP contribution in [0.25, 0.3) is 0 Å². The third-order valence-electron chi connectivity index (χ3n) is 7.33. The molecule has 1 unspecified atom stereocenters. The Kier molecular flexibility index (Phi) is 8.09. The first-order valence-electron chi connectivity index (χ1n) is 12.6. The SMILES string of the molecule is CC[C@@H]1CC[C@H](C(=O)NC(c2ccc(C(F)(F)F)cc2F)C2COC2)N1C(=O)c1cc(C)cc(S(C)(=O)=O)c1. The second kappa shape index (κ2) is 10.9. The number of carbonyl (C=O) groups is 2. The number of nitrogens with one attached hydrogen (secondary N) is 1. The summed E-state index contributed by atoms with van der Waals surface area (Å²) in [6.45, 7) is 3.91. The number of benzene rings is 2. The number of hydrogen-bond acceptors (Lipinski definition) is 5. The molecule has 0 aliphatic carbocycles. The summed E-state index contributed by atoms with van der Waals surface area (Å²) in [6, 6.07) is 4.33. The van der Waals surface area contributed by atoms with Gasteiger partial charge in [-0.3, -0.25) is 9.59 Å². The van der Waals surface area contributed by atoms with E-state index in [0.29, 0.717) is 30.9 Å². The Morgan fingerprint density at radius 3 is 2.36 bits per heavy atom. The van der Waals surface area contributed by atoms with Gasteiger partial charge in [0, 0.05) is 29.3 Å². The third kappa shape index (κ3) is 6.11. The van der Waals surface area contributed by atoms with Crippen molar-refractivity contribution < 1.29 is 40.3 Å². The number of aryl methyl sites for hydroxylation is 1. The van der Waals surface area contributed by atoms with Gasteiger partial charge in [-0.15, -0.1) is 0 Å². The van der Waals surface area contributed by atoms with Gasteiger partial charge >= 0.3 is 6.18 Å². The largest absolute Gasteiger partial charge is 0.416 e. The van der Waals surface area contributed by atoms with E-state index >= 15 is 0 Å². The van der Waals surface area contributed by atoms with Crippen LogP contribution in [0.3, 0.4) is 0 Å². The Morgan fingerprint density at radius 2 is 1.82 bits per heavy atom. The van der Waals surface area contributed by atoms with Crippen LogP contribution in [0.1, 0.15) is 59.3 Å². The predicted molar refractivity (Wildman–Crippen MR) is 134 cm³/mol. The molecule has 212 valence electrons. The van der Waals surface area contributed by atoms with Crippen LogP contribution in [0.4, 0.5) is 17.6 Å². The molecular weight excluding hydrogens is 540 g/mol. The highest BCUT2D eigenvalue weighted by atomic mass is 32.2. The molecule has 2 aliphatic heterocycles. The minimum absolute atomic E-state index is 0.0121. The molecule has 12 heteroatoms. The summed E-state index contributed by atoms with van der Waals surface area (Å²) < 4.78 is 83.6. The monoisotopic (exact) mass is 570 g/mol. The van der Waals surface area contributed by atoms with E-state index in [2.05, 4.69) is 5.32 Å². The average Bonchev–Trinajstić information content (AvgIpc) is 3.24. The molecule has 0 radical (unpaired) electrons. The number of hydrogen-bond donors (Lipinski definition) is 1. The lowest BCUT2D eigenvalue weighted by atomic mass is 9.90. The van der Waals surface area contributed by atoms with Gasteiger partial charge in [0.25, 0.3) is 5.91 Å². The van der Waals surface area contributed by atoms with Crippen LogP contribution >= 0.6 is 0 Å². The number of likely N-dealkylation sites (tertiary alicyclic amines) is 1. The van der Waals surface area contributed by atoms with Crippen molar-refractivity contribution in [1.82, 2.24) is 10.2 Å². The first kappa shape index (κ1) is 29.0. The normalized spacial score (nSPS) is 20.9. The smallest absolute Gasteiger partial charge is 0.381 e. The standard InChI is InChI=1S/C27H30F4N2O5S/c1-4-19-6-8-23(33(19)26(35)16-9-15(2)10-20(11-16)39(3,36)37)25(34)32-24(17-13-38-14-17)21-7-5-18(12-22(21)28)27(29,30)31/h5,7,9-12,17,19,23-24H,4,6,8,13-14H2,1-3H3,(H,32,34)/t19-,23-,24?/m1/s1. The van der Waals surface area contributed by atoms with Gasteiger partial charge in [-0.25, -0.2) is 12.8 Å². The molecule has 7 nitrogen and oxygen atoms in total. The average molecular weight is 571 g/mol. The van der Waals surface area contributed by atoms with Gasteiger partial charge in [0.05, 0.1) is 29.7 Å². The van der Waals surface area contributed by atoms with E-state index in [-0.39, 0.29) is 41.2 Å². The molecule has 2 aromatic rings. The summed E-state index contributed by atoms with van der Waals surface area (Å²) in [6.07, 6.45) is -2.28. The van der Waals surface area contributed by atoms with E-state index in [1.165, 1.54) is 17.0 Å². The highest BCUT2D eigenvalue weighted by molar-refractivity contribution is 7.90. The summed E-state index contributed by atoms with van der Waals surface area (Å²) in [7, 11) is -3.59. The highest BCUT2D eigenvalue weighted by Gasteiger charge is 2.43. The fourth-order valence-corrected chi connectivity index (χ4v) is 5.93. The molecular formula is C27H30F4N2O5S. The number of alkyl halides is 3. The molecule has 2 heterocycles. The molecule has 2 aromatic carbocycles. The van der Waals surface area contributed by atoms with E-state index in [0.717, 1.165) is 18.4 Å². The van der Waals surface area contributed by atoms with Gasteiger partial charge in [-0.2, -0.15) is 13.2 Å². The van der Waals surface area contributed by atoms with E-state index in [1.807, 2.05) is 6.92 Å². The molecule has 2 amide bonds. The van der Waals surface area contributed by atoms with Crippen LogP contribution in [0, 0.1) is 18.7 Å². The molecule has 1 N–H and O–H groups in total. The fraction of sp³-hybridized carbons (Fsp3) is 0.481. The van der Waals surface area contributed by atoms with Gasteiger partial charge in [-0.05, 0) is 62.1 Å². The molecule has 0 saturated carbocycles. The van der Waals surface area contributed by atoms with Crippen LogP contribution in [0.2, 0.25) is 0 Å². The number of carbonyl (C=O) groups excluding carboxylic acids is 2. The lowest BCUT2D eigenvalue weighted by molar-refractivity contribution is -0.138. The van der Waals surface area contributed by atoms with E-state index in [4.69, 9.17) is 4.74 Å². The quantitative estimate of drug-likeness (QED) is 0.497. The molecule has 0 aromatic heterocycles. The second-order valence-corrected chi connectivity index (χ2v) is 12.2. The third-order valence-corrected chi connectivity index (χ3v) is 8.42. The van der Waals surface area contributed by atoms with Gasteiger partial charge in [-0.1, -0.05) is 13.0 Å². The number of ether oxygens (including phenoxy) is 1. The fourth-order valence-electron chi connectivity index (χ4n) is 5.18. The number of sulfone groups is 1. The number of halogens is 4. The van der Waals surface area contributed by atoms with Crippen LogP contribution in [0.15, 0.2) is 41.3 Å². The highest BCUT2D eigenvalue weighted by Crippen LogP contribution is 2.36. The first-order chi connectivity index (χ1) is 18.2. The van der Waals surface area contributed by atoms with Crippen molar-refractivity contribution in [2.24, 2.45) is 5.92 Å². The topological polar surface area (TPSA) is 92.8 Å². The molecule has 3 atom stereocenters.